The molecule has 0 aromatic heterocycles. The van der Waals surface area contributed by atoms with E-state index in [1.807, 2.05) is 0 Å². The number of amides is 3. The summed E-state index contributed by atoms with van der Waals surface area (Å²) in [7, 11) is 0. The van der Waals surface area contributed by atoms with Crippen molar-refractivity contribution in [2.24, 2.45) is 5.73 Å². The molecule has 86 valence electrons. The van der Waals surface area contributed by atoms with Gasteiger partial charge in [0.15, 0.2) is 0 Å². The predicted octanol–water partition coefficient (Wildman–Crippen LogP) is 0.459. The normalized spacial score (nSPS) is 13.9. The Bertz CT molecular complexity index is 547. The maximum absolute atomic E-state index is 11.4. The highest BCUT2D eigenvalue weighted by Gasteiger charge is 2.26. The van der Waals surface area contributed by atoms with Crippen molar-refractivity contribution >= 4 is 23.8 Å². The van der Waals surface area contributed by atoms with E-state index in [4.69, 9.17) is 5.73 Å². The zero-order chi connectivity index (χ0) is 12.4. The van der Waals surface area contributed by atoms with E-state index in [1.165, 1.54) is 0 Å². The first kappa shape index (κ1) is 11.1. The number of fused-ring (bicyclic) bond motifs is 1. The first-order valence-corrected chi connectivity index (χ1v) is 5.02. The van der Waals surface area contributed by atoms with Gasteiger partial charge in [0.25, 0.3) is 11.8 Å². The van der Waals surface area contributed by atoms with Gasteiger partial charge in [-0.3, -0.25) is 19.7 Å². The Morgan fingerprint density at radius 2 is 1.94 bits per heavy atom. The Kier molecular flexibility index (Phi) is 2.74. The third kappa shape index (κ3) is 2.23. The standard InChI is InChI=1S/C12H10N2O3/c13-10(15)3-1-2-7-4-5-8-9(6-7)12(17)14-11(8)16/h1-2,4-6H,3H2,(H2,13,15)(H,14,16,17). The highest BCUT2D eigenvalue weighted by Crippen LogP contribution is 2.18. The molecule has 1 heterocycles. The topological polar surface area (TPSA) is 89.3 Å². The van der Waals surface area contributed by atoms with Gasteiger partial charge in [-0.15, -0.1) is 0 Å². The fourth-order valence-electron chi connectivity index (χ4n) is 1.60. The van der Waals surface area contributed by atoms with E-state index in [9.17, 15) is 14.4 Å². The molecule has 17 heavy (non-hydrogen) atoms. The summed E-state index contributed by atoms with van der Waals surface area (Å²) in [6, 6.07) is 4.89. The molecule has 0 radical (unpaired) electrons. The van der Waals surface area contributed by atoms with Crippen LogP contribution in [0.25, 0.3) is 6.08 Å². The van der Waals surface area contributed by atoms with Crippen LogP contribution in [-0.2, 0) is 4.79 Å². The van der Waals surface area contributed by atoms with Gasteiger partial charge < -0.3 is 5.73 Å². The van der Waals surface area contributed by atoms with Crippen LogP contribution in [0.1, 0.15) is 32.7 Å². The summed E-state index contributed by atoms with van der Waals surface area (Å²) in [6.45, 7) is 0. The van der Waals surface area contributed by atoms with Gasteiger partial charge in [-0.1, -0.05) is 18.2 Å². The average Bonchev–Trinajstić information content (AvgIpc) is 2.54. The lowest BCUT2D eigenvalue weighted by molar-refractivity contribution is -0.117. The summed E-state index contributed by atoms with van der Waals surface area (Å²) in [4.78, 5) is 33.2. The van der Waals surface area contributed by atoms with E-state index in [0.717, 1.165) is 5.56 Å². The monoisotopic (exact) mass is 230 g/mol. The second kappa shape index (κ2) is 4.21. The van der Waals surface area contributed by atoms with Crippen molar-refractivity contribution in [2.75, 3.05) is 0 Å². The third-order valence-corrected chi connectivity index (χ3v) is 2.39. The van der Waals surface area contributed by atoms with E-state index in [-0.39, 0.29) is 12.3 Å². The average molecular weight is 230 g/mol. The van der Waals surface area contributed by atoms with E-state index in [0.29, 0.717) is 11.1 Å². The smallest absolute Gasteiger partial charge is 0.258 e. The number of rotatable bonds is 3. The molecule has 0 fully saturated rings. The van der Waals surface area contributed by atoms with Crippen LogP contribution < -0.4 is 11.1 Å². The molecule has 0 saturated heterocycles. The van der Waals surface area contributed by atoms with Crippen LogP contribution in [0.15, 0.2) is 24.3 Å². The molecule has 5 nitrogen and oxygen atoms in total. The summed E-state index contributed by atoms with van der Waals surface area (Å²) < 4.78 is 0. The zero-order valence-corrected chi connectivity index (χ0v) is 8.90. The lowest BCUT2D eigenvalue weighted by Crippen LogP contribution is -2.19. The zero-order valence-electron chi connectivity index (χ0n) is 8.90. The van der Waals surface area contributed by atoms with Crippen LogP contribution in [-0.4, -0.2) is 17.7 Å². The van der Waals surface area contributed by atoms with E-state index >= 15 is 0 Å². The van der Waals surface area contributed by atoms with Gasteiger partial charge in [-0.25, -0.2) is 0 Å². The van der Waals surface area contributed by atoms with Crippen molar-refractivity contribution in [3.8, 4) is 0 Å². The molecule has 0 bridgehead atoms. The SMILES string of the molecule is NC(=O)CC=Cc1ccc2c(c1)C(=O)NC2=O. The third-order valence-electron chi connectivity index (χ3n) is 2.39. The molecular formula is C12H10N2O3. The Labute approximate surface area is 97.3 Å². The molecule has 0 saturated carbocycles. The van der Waals surface area contributed by atoms with Crippen molar-refractivity contribution in [1.82, 2.24) is 5.32 Å². The van der Waals surface area contributed by atoms with Crippen molar-refractivity contribution in [3.63, 3.8) is 0 Å². The molecule has 3 N–H and O–H groups in total. The minimum atomic E-state index is -0.421. The number of carbonyl (C=O) groups excluding carboxylic acids is 3. The summed E-state index contributed by atoms with van der Waals surface area (Å²) >= 11 is 0. The molecule has 3 amide bonds. The molecule has 0 spiro atoms. The lowest BCUT2D eigenvalue weighted by Gasteiger charge is -1.96. The number of carbonyl (C=O) groups is 3. The van der Waals surface area contributed by atoms with Gasteiger partial charge in [0.1, 0.15) is 0 Å². The number of benzene rings is 1. The number of nitrogens with two attached hydrogens (primary N) is 1. The summed E-state index contributed by atoms with van der Waals surface area (Å²) in [5.74, 6) is -1.19. The molecule has 0 unspecified atom stereocenters. The quantitative estimate of drug-likeness (QED) is 0.739. The van der Waals surface area contributed by atoms with Gasteiger partial charge in [-0.05, 0) is 17.7 Å². The number of imide groups is 1. The van der Waals surface area contributed by atoms with Crippen LogP contribution in [0.3, 0.4) is 0 Å². The summed E-state index contributed by atoms with van der Waals surface area (Å²) in [5.41, 5.74) is 6.47. The number of nitrogens with one attached hydrogen (secondary N) is 1. The van der Waals surface area contributed by atoms with Crippen molar-refractivity contribution in [2.45, 2.75) is 6.42 Å². The fourth-order valence-corrected chi connectivity index (χ4v) is 1.60. The van der Waals surface area contributed by atoms with Gasteiger partial charge >= 0.3 is 0 Å². The van der Waals surface area contributed by atoms with Gasteiger partial charge in [0.05, 0.1) is 11.1 Å². The van der Waals surface area contributed by atoms with Crippen LogP contribution in [0, 0.1) is 0 Å². The molecule has 0 aliphatic carbocycles. The van der Waals surface area contributed by atoms with Crippen LogP contribution in [0.4, 0.5) is 0 Å². The minimum absolute atomic E-state index is 0.141. The molecule has 2 rings (SSSR count). The Balaban J connectivity index is 2.26. The first-order chi connectivity index (χ1) is 8.08. The molecule has 1 aromatic rings. The van der Waals surface area contributed by atoms with Crippen LogP contribution in [0.2, 0.25) is 0 Å². The Morgan fingerprint density at radius 1 is 1.24 bits per heavy atom. The van der Waals surface area contributed by atoms with Gasteiger partial charge in [0.2, 0.25) is 5.91 Å². The van der Waals surface area contributed by atoms with Crippen molar-refractivity contribution in [3.05, 3.63) is 41.0 Å². The highest BCUT2D eigenvalue weighted by molar-refractivity contribution is 6.21. The second-order valence-electron chi connectivity index (χ2n) is 3.66. The number of hydrogen-bond acceptors (Lipinski definition) is 3. The number of hydrogen-bond donors (Lipinski definition) is 2. The van der Waals surface area contributed by atoms with E-state index in [2.05, 4.69) is 5.32 Å². The molecule has 0 atom stereocenters. The fraction of sp³-hybridized carbons (Fsp3) is 0.0833. The molecular weight excluding hydrogens is 220 g/mol. The largest absolute Gasteiger partial charge is 0.369 e. The van der Waals surface area contributed by atoms with Crippen LogP contribution in [0.5, 0.6) is 0 Å². The van der Waals surface area contributed by atoms with Crippen molar-refractivity contribution in [1.29, 1.82) is 0 Å². The van der Waals surface area contributed by atoms with E-state index < -0.39 is 11.8 Å². The summed E-state index contributed by atoms with van der Waals surface area (Å²) in [5, 5.41) is 2.21. The highest BCUT2D eigenvalue weighted by atomic mass is 16.2. The molecule has 5 heteroatoms. The maximum atomic E-state index is 11.4. The second-order valence-corrected chi connectivity index (χ2v) is 3.66. The maximum Gasteiger partial charge on any atom is 0.258 e. The first-order valence-electron chi connectivity index (χ1n) is 5.02. The molecule has 1 aliphatic heterocycles. The predicted molar refractivity (Wildman–Crippen MR) is 61.1 cm³/mol. The lowest BCUT2D eigenvalue weighted by atomic mass is 10.1. The molecule has 1 aliphatic rings. The van der Waals surface area contributed by atoms with Crippen LogP contribution >= 0.6 is 0 Å². The van der Waals surface area contributed by atoms with Gasteiger partial charge in [-0.2, -0.15) is 0 Å². The van der Waals surface area contributed by atoms with Crippen molar-refractivity contribution < 1.29 is 14.4 Å². The minimum Gasteiger partial charge on any atom is -0.369 e. The van der Waals surface area contributed by atoms with Gasteiger partial charge in [0, 0.05) is 6.42 Å². The molecule has 1 aromatic carbocycles. The Morgan fingerprint density at radius 3 is 2.65 bits per heavy atom. The number of primary amides is 1. The Hall–Kier alpha value is -2.43. The van der Waals surface area contributed by atoms with E-state index in [1.54, 1.807) is 30.4 Å². The summed E-state index contributed by atoms with van der Waals surface area (Å²) in [6.07, 6.45) is 3.43.